The van der Waals surface area contributed by atoms with Gasteiger partial charge in [-0.15, -0.1) is 0 Å². The molecule has 2 fully saturated rings. The zero-order valence-corrected chi connectivity index (χ0v) is 14.6. The van der Waals surface area contributed by atoms with Gasteiger partial charge < -0.3 is 20.1 Å². The van der Waals surface area contributed by atoms with Gasteiger partial charge in [0.05, 0.1) is 5.92 Å². The van der Waals surface area contributed by atoms with E-state index in [0.717, 1.165) is 32.5 Å². The lowest BCUT2D eigenvalue weighted by molar-refractivity contribution is -0.146. The summed E-state index contributed by atoms with van der Waals surface area (Å²) in [5, 5.41) is 27.6. The van der Waals surface area contributed by atoms with E-state index in [2.05, 4.69) is 18.7 Å². The maximum absolute atomic E-state index is 11.7. The molecule has 1 saturated carbocycles. The number of carbonyl (C=O) groups is 1. The molecular formula is C17H32BNO4. The summed E-state index contributed by atoms with van der Waals surface area (Å²) < 4.78 is 0. The molecule has 1 unspecified atom stereocenters. The molecule has 0 amide bonds. The van der Waals surface area contributed by atoms with Crippen molar-refractivity contribution < 1.29 is 19.9 Å². The minimum Gasteiger partial charge on any atom is -0.481 e. The Morgan fingerprint density at radius 2 is 1.87 bits per heavy atom. The van der Waals surface area contributed by atoms with Crippen molar-refractivity contribution in [1.29, 1.82) is 0 Å². The van der Waals surface area contributed by atoms with E-state index in [1.807, 2.05) is 0 Å². The van der Waals surface area contributed by atoms with Gasteiger partial charge in [-0.25, -0.2) is 0 Å². The highest BCUT2D eigenvalue weighted by molar-refractivity contribution is 6.40. The van der Waals surface area contributed by atoms with E-state index in [1.165, 1.54) is 12.8 Å². The lowest BCUT2D eigenvalue weighted by atomic mass is 9.69. The fourth-order valence-electron chi connectivity index (χ4n) is 4.16. The van der Waals surface area contributed by atoms with Crippen molar-refractivity contribution in [2.75, 3.05) is 19.6 Å². The van der Waals surface area contributed by atoms with Gasteiger partial charge in [-0.05, 0) is 62.3 Å². The molecule has 3 N–H and O–H groups in total. The van der Waals surface area contributed by atoms with E-state index in [1.54, 1.807) is 0 Å². The van der Waals surface area contributed by atoms with E-state index in [0.29, 0.717) is 30.5 Å². The molecular weight excluding hydrogens is 293 g/mol. The first-order valence-corrected chi connectivity index (χ1v) is 9.08. The Hall–Kier alpha value is -0.585. The zero-order valence-electron chi connectivity index (χ0n) is 14.6. The SMILES string of the molecule is CC1(C)CCN(CC2CC[C@@H](CCB(O)O)C[C@@H]2C(=O)O)CC1. The predicted octanol–water partition coefficient (Wildman–Crippen LogP) is 2.09. The zero-order chi connectivity index (χ0) is 17.0. The highest BCUT2D eigenvalue weighted by Gasteiger charge is 2.37. The molecule has 3 atom stereocenters. The number of rotatable bonds is 6. The normalized spacial score (nSPS) is 31.7. The second kappa shape index (κ2) is 7.99. The molecule has 132 valence electrons. The fourth-order valence-corrected chi connectivity index (χ4v) is 4.16. The van der Waals surface area contributed by atoms with Gasteiger partial charge in [-0.3, -0.25) is 4.79 Å². The summed E-state index contributed by atoms with van der Waals surface area (Å²) in [5.41, 5.74) is 0.422. The number of hydrogen-bond acceptors (Lipinski definition) is 4. The van der Waals surface area contributed by atoms with Gasteiger partial charge in [0.1, 0.15) is 0 Å². The topological polar surface area (TPSA) is 81.0 Å². The Morgan fingerprint density at radius 3 is 2.43 bits per heavy atom. The third kappa shape index (κ3) is 5.77. The van der Waals surface area contributed by atoms with Crippen LogP contribution in [0.5, 0.6) is 0 Å². The molecule has 0 aromatic rings. The number of hydrogen-bond donors (Lipinski definition) is 3. The first-order valence-electron chi connectivity index (χ1n) is 9.08. The minimum atomic E-state index is -1.27. The molecule has 2 aliphatic rings. The van der Waals surface area contributed by atoms with Crippen LogP contribution in [0.1, 0.15) is 52.4 Å². The van der Waals surface area contributed by atoms with Crippen molar-refractivity contribution in [3.8, 4) is 0 Å². The average Bonchev–Trinajstić information content (AvgIpc) is 2.48. The number of aliphatic carboxylic acids is 1. The molecule has 0 aromatic heterocycles. The second-order valence-corrected chi connectivity index (χ2v) is 8.41. The summed E-state index contributed by atoms with van der Waals surface area (Å²) in [4.78, 5) is 14.1. The van der Waals surface area contributed by atoms with Crippen LogP contribution in [-0.2, 0) is 4.79 Å². The number of carboxylic acids is 1. The minimum absolute atomic E-state index is 0.240. The van der Waals surface area contributed by atoms with E-state index in [4.69, 9.17) is 10.0 Å². The smallest absolute Gasteiger partial charge is 0.451 e. The first-order chi connectivity index (χ1) is 10.8. The van der Waals surface area contributed by atoms with Crippen molar-refractivity contribution in [3.05, 3.63) is 0 Å². The third-order valence-electron chi connectivity index (χ3n) is 5.95. The van der Waals surface area contributed by atoms with Gasteiger partial charge in [-0.1, -0.05) is 26.7 Å². The second-order valence-electron chi connectivity index (χ2n) is 8.41. The van der Waals surface area contributed by atoms with Gasteiger partial charge in [0.15, 0.2) is 0 Å². The predicted molar refractivity (Wildman–Crippen MR) is 91.0 cm³/mol. The summed E-state index contributed by atoms with van der Waals surface area (Å²) in [6, 6.07) is 0. The maximum atomic E-state index is 11.7. The number of carboxylic acid groups (broad SMARTS) is 1. The highest BCUT2D eigenvalue weighted by Crippen LogP contribution is 2.38. The Kier molecular flexibility index (Phi) is 6.52. The van der Waals surface area contributed by atoms with Crippen LogP contribution in [0.2, 0.25) is 6.32 Å². The van der Waals surface area contributed by atoms with Gasteiger partial charge in [0, 0.05) is 6.54 Å². The maximum Gasteiger partial charge on any atom is 0.451 e. The standard InChI is InChI=1S/C17H32BNO4/c1-17(2)6-9-19(10-7-17)12-14-4-3-13(5-8-18(22)23)11-15(14)16(20)21/h13-15,22-23H,3-12H2,1-2H3,(H,20,21)/t13-,14?,15-/m0/s1. The first kappa shape index (κ1) is 18.7. The quantitative estimate of drug-likeness (QED) is 0.652. The molecule has 23 heavy (non-hydrogen) atoms. The fraction of sp³-hybridized carbons (Fsp3) is 0.941. The van der Waals surface area contributed by atoms with Crippen LogP contribution in [-0.4, -0.2) is 52.8 Å². The Balaban J connectivity index is 1.85. The van der Waals surface area contributed by atoms with Gasteiger partial charge in [0.25, 0.3) is 0 Å². The van der Waals surface area contributed by atoms with Crippen LogP contribution >= 0.6 is 0 Å². The van der Waals surface area contributed by atoms with Crippen molar-refractivity contribution >= 4 is 13.1 Å². The number of nitrogens with zero attached hydrogens (tertiary/aromatic N) is 1. The molecule has 0 spiro atoms. The summed E-state index contributed by atoms with van der Waals surface area (Å²) >= 11 is 0. The van der Waals surface area contributed by atoms with Crippen LogP contribution < -0.4 is 0 Å². The van der Waals surface area contributed by atoms with Gasteiger partial charge >= 0.3 is 13.1 Å². The van der Waals surface area contributed by atoms with Crippen molar-refractivity contribution in [3.63, 3.8) is 0 Å². The molecule has 1 saturated heterocycles. The van der Waals surface area contributed by atoms with E-state index < -0.39 is 13.1 Å². The summed E-state index contributed by atoms with van der Waals surface area (Å²) in [6.45, 7) is 7.69. The Morgan fingerprint density at radius 1 is 1.22 bits per heavy atom. The lowest BCUT2D eigenvalue weighted by Gasteiger charge is -2.41. The monoisotopic (exact) mass is 325 g/mol. The van der Waals surface area contributed by atoms with Crippen molar-refractivity contribution in [1.82, 2.24) is 4.90 Å². The molecule has 1 aliphatic heterocycles. The molecule has 2 rings (SSSR count). The van der Waals surface area contributed by atoms with Gasteiger partial charge in [-0.2, -0.15) is 0 Å². The van der Waals surface area contributed by atoms with E-state index in [-0.39, 0.29) is 11.8 Å². The lowest BCUT2D eigenvalue weighted by Crippen LogP contribution is -2.43. The van der Waals surface area contributed by atoms with E-state index in [9.17, 15) is 9.90 Å². The molecule has 0 bridgehead atoms. The largest absolute Gasteiger partial charge is 0.481 e. The van der Waals surface area contributed by atoms with Gasteiger partial charge in [0.2, 0.25) is 0 Å². The Bertz CT molecular complexity index is 392. The molecule has 1 heterocycles. The molecule has 0 aromatic carbocycles. The van der Waals surface area contributed by atoms with Crippen LogP contribution in [0.15, 0.2) is 0 Å². The van der Waals surface area contributed by atoms with Crippen LogP contribution in [0.3, 0.4) is 0 Å². The van der Waals surface area contributed by atoms with E-state index >= 15 is 0 Å². The highest BCUT2D eigenvalue weighted by atomic mass is 16.4. The average molecular weight is 325 g/mol. The van der Waals surface area contributed by atoms with Crippen molar-refractivity contribution in [2.24, 2.45) is 23.2 Å². The summed E-state index contributed by atoms with van der Waals surface area (Å²) in [6.07, 6.45) is 6.09. The molecule has 6 heteroatoms. The summed E-state index contributed by atoms with van der Waals surface area (Å²) in [5.74, 6) is -0.403. The number of likely N-dealkylation sites (tertiary alicyclic amines) is 1. The van der Waals surface area contributed by atoms with Crippen LogP contribution in [0.25, 0.3) is 0 Å². The molecule has 1 aliphatic carbocycles. The molecule has 5 nitrogen and oxygen atoms in total. The Labute approximate surface area is 140 Å². The third-order valence-corrected chi connectivity index (χ3v) is 5.95. The summed E-state index contributed by atoms with van der Waals surface area (Å²) in [7, 11) is -1.27. The van der Waals surface area contributed by atoms with Crippen LogP contribution in [0, 0.1) is 23.2 Å². The number of piperidine rings is 1. The van der Waals surface area contributed by atoms with Crippen LogP contribution in [0.4, 0.5) is 0 Å². The molecule has 0 radical (unpaired) electrons. The van der Waals surface area contributed by atoms with Crippen molar-refractivity contribution in [2.45, 2.75) is 58.7 Å².